The second kappa shape index (κ2) is 7.14. The molecule has 2 amide bonds. The van der Waals surface area contributed by atoms with Gasteiger partial charge in [0.15, 0.2) is 0 Å². The average molecular weight is 244 g/mol. The van der Waals surface area contributed by atoms with Crippen LogP contribution in [0.5, 0.6) is 0 Å². The SMILES string of the molecule is CCCC(C)(NC(=O)NCC(C)CC)C(=O)O. The molecule has 0 rings (SSSR count). The molecule has 0 aliphatic heterocycles. The number of nitrogens with one attached hydrogen (secondary N) is 2. The number of carboxylic acid groups (broad SMARTS) is 1. The second-order valence-electron chi connectivity index (χ2n) is 4.74. The van der Waals surface area contributed by atoms with Crippen molar-refractivity contribution in [3.05, 3.63) is 0 Å². The molecule has 0 aromatic rings. The Morgan fingerprint density at radius 3 is 2.35 bits per heavy atom. The molecule has 0 saturated carbocycles. The van der Waals surface area contributed by atoms with Crippen LogP contribution in [0.3, 0.4) is 0 Å². The van der Waals surface area contributed by atoms with Gasteiger partial charge in [0, 0.05) is 6.54 Å². The highest BCUT2D eigenvalue weighted by molar-refractivity contribution is 5.85. The van der Waals surface area contributed by atoms with Gasteiger partial charge in [0.05, 0.1) is 0 Å². The van der Waals surface area contributed by atoms with Gasteiger partial charge in [0.2, 0.25) is 0 Å². The quantitative estimate of drug-likeness (QED) is 0.640. The Hall–Kier alpha value is -1.26. The van der Waals surface area contributed by atoms with E-state index in [2.05, 4.69) is 10.6 Å². The summed E-state index contributed by atoms with van der Waals surface area (Å²) >= 11 is 0. The van der Waals surface area contributed by atoms with Crippen LogP contribution in [0.2, 0.25) is 0 Å². The van der Waals surface area contributed by atoms with Gasteiger partial charge in [-0.1, -0.05) is 33.6 Å². The highest BCUT2D eigenvalue weighted by Gasteiger charge is 2.33. The van der Waals surface area contributed by atoms with Crippen LogP contribution in [0.4, 0.5) is 4.79 Å². The number of urea groups is 1. The van der Waals surface area contributed by atoms with Gasteiger partial charge in [-0.2, -0.15) is 0 Å². The lowest BCUT2D eigenvalue weighted by molar-refractivity contribution is -0.144. The zero-order valence-electron chi connectivity index (χ0n) is 11.2. The van der Waals surface area contributed by atoms with Gasteiger partial charge in [-0.25, -0.2) is 9.59 Å². The topological polar surface area (TPSA) is 78.4 Å². The number of carbonyl (C=O) groups is 2. The maximum atomic E-state index is 11.6. The summed E-state index contributed by atoms with van der Waals surface area (Å²) in [5.74, 6) is -0.610. The smallest absolute Gasteiger partial charge is 0.329 e. The average Bonchev–Trinajstić information content (AvgIpc) is 2.25. The van der Waals surface area contributed by atoms with Crippen molar-refractivity contribution in [2.45, 2.75) is 52.5 Å². The fourth-order valence-electron chi connectivity index (χ4n) is 1.43. The zero-order valence-corrected chi connectivity index (χ0v) is 11.2. The number of hydrogen-bond donors (Lipinski definition) is 3. The second-order valence-corrected chi connectivity index (χ2v) is 4.74. The molecule has 0 aromatic heterocycles. The minimum atomic E-state index is -1.19. The zero-order chi connectivity index (χ0) is 13.5. The predicted molar refractivity (Wildman–Crippen MR) is 66.9 cm³/mol. The minimum Gasteiger partial charge on any atom is -0.480 e. The van der Waals surface area contributed by atoms with E-state index in [1.807, 2.05) is 20.8 Å². The molecule has 2 atom stereocenters. The summed E-state index contributed by atoms with van der Waals surface area (Å²) in [7, 11) is 0. The monoisotopic (exact) mass is 244 g/mol. The molecular weight excluding hydrogens is 220 g/mol. The number of hydrogen-bond acceptors (Lipinski definition) is 2. The summed E-state index contributed by atoms with van der Waals surface area (Å²) in [4.78, 5) is 22.7. The van der Waals surface area contributed by atoms with Crippen molar-refractivity contribution >= 4 is 12.0 Å². The third-order valence-electron chi connectivity index (χ3n) is 2.92. The van der Waals surface area contributed by atoms with Gasteiger partial charge < -0.3 is 15.7 Å². The Kier molecular flexibility index (Phi) is 6.61. The molecular formula is C12H24N2O3. The van der Waals surface area contributed by atoms with Crippen LogP contribution in [0.1, 0.15) is 47.0 Å². The molecule has 0 fully saturated rings. The molecule has 100 valence electrons. The number of carboxylic acids is 1. The lowest BCUT2D eigenvalue weighted by Crippen LogP contribution is -2.55. The van der Waals surface area contributed by atoms with E-state index in [1.165, 1.54) is 6.92 Å². The molecule has 17 heavy (non-hydrogen) atoms. The van der Waals surface area contributed by atoms with E-state index in [0.29, 0.717) is 25.3 Å². The lowest BCUT2D eigenvalue weighted by atomic mass is 9.96. The van der Waals surface area contributed by atoms with Crippen LogP contribution in [-0.2, 0) is 4.79 Å². The minimum absolute atomic E-state index is 0.392. The maximum Gasteiger partial charge on any atom is 0.329 e. The molecule has 0 bridgehead atoms. The van der Waals surface area contributed by atoms with Gasteiger partial charge in [-0.05, 0) is 19.3 Å². The maximum absolute atomic E-state index is 11.6. The van der Waals surface area contributed by atoms with E-state index in [1.54, 1.807) is 0 Å². The van der Waals surface area contributed by atoms with Gasteiger partial charge in [0.1, 0.15) is 5.54 Å². The van der Waals surface area contributed by atoms with Gasteiger partial charge in [0.25, 0.3) is 0 Å². The Labute approximate surface area is 103 Å². The summed E-state index contributed by atoms with van der Waals surface area (Å²) in [5, 5.41) is 14.3. The molecule has 0 aliphatic carbocycles. The van der Waals surface area contributed by atoms with Crippen molar-refractivity contribution in [2.24, 2.45) is 5.92 Å². The first-order valence-electron chi connectivity index (χ1n) is 6.15. The lowest BCUT2D eigenvalue weighted by Gasteiger charge is -2.26. The summed E-state index contributed by atoms with van der Waals surface area (Å²) in [5.41, 5.74) is -1.19. The van der Waals surface area contributed by atoms with Crippen LogP contribution in [0, 0.1) is 5.92 Å². The van der Waals surface area contributed by atoms with E-state index in [-0.39, 0.29) is 0 Å². The summed E-state index contributed by atoms with van der Waals surface area (Å²) in [6, 6.07) is -0.413. The van der Waals surface area contributed by atoms with E-state index >= 15 is 0 Å². The molecule has 5 heteroatoms. The fraction of sp³-hybridized carbons (Fsp3) is 0.833. The van der Waals surface area contributed by atoms with Crippen molar-refractivity contribution < 1.29 is 14.7 Å². The molecule has 0 saturated heterocycles. The molecule has 0 aliphatic rings. The molecule has 0 spiro atoms. The van der Waals surface area contributed by atoms with Crippen LogP contribution >= 0.6 is 0 Å². The standard InChI is InChI=1S/C12H24N2O3/c1-5-7-12(4,10(15)16)14-11(17)13-8-9(3)6-2/h9H,5-8H2,1-4H3,(H,15,16)(H2,13,14,17). The third kappa shape index (κ3) is 5.56. The van der Waals surface area contributed by atoms with Gasteiger partial charge >= 0.3 is 12.0 Å². The Morgan fingerprint density at radius 1 is 1.35 bits per heavy atom. The number of carbonyl (C=O) groups excluding carboxylic acids is 1. The van der Waals surface area contributed by atoms with Crippen LogP contribution in [-0.4, -0.2) is 29.2 Å². The highest BCUT2D eigenvalue weighted by atomic mass is 16.4. The highest BCUT2D eigenvalue weighted by Crippen LogP contribution is 2.12. The summed E-state index contributed by atoms with van der Waals surface area (Å²) < 4.78 is 0. The first kappa shape index (κ1) is 15.7. The first-order chi connectivity index (χ1) is 7.85. The Balaban J connectivity index is 4.27. The van der Waals surface area contributed by atoms with Crippen LogP contribution < -0.4 is 10.6 Å². The Bertz CT molecular complexity index is 268. The van der Waals surface area contributed by atoms with E-state index in [9.17, 15) is 9.59 Å². The number of aliphatic carboxylic acids is 1. The normalized spacial score (nSPS) is 15.8. The number of rotatable bonds is 7. The summed E-state index contributed by atoms with van der Waals surface area (Å²) in [6.45, 7) is 8.05. The molecule has 0 radical (unpaired) electrons. The van der Waals surface area contributed by atoms with Crippen molar-refractivity contribution in [3.63, 3.8) is 0 Å². The fourth-order valence-corrected chi connectivity index (χ4v) is 1.43. The largest absolute Gasteiger partial charge is 0.480 e. The van der Waals surface area contributed by atoms with Gasteiger partial charge in [-0.15, -0.1) is 0 Å². The molecule has 0 heterocycles. The molecule has 0 aromatic carbocycles. The Morgan fingerprint density at radius 2 is 1.94 bits per heavy atom. The molecule has 3 N–H and O–H groups in total. The van der Waals surface area contributed by atoms with Gasteiger partial charge in [-0.3, -0.25) is 0 Å². The van der Waals surface area contributed by atoms with Crippen molar-refractivity contribution in [1.29, 1.82) is 0 Å². The van der Waals surface area contributed by atoms with Crippen molar-refractivity contribution in [3.8, 4) is 0 Å². The van der Waals surface area contributed by atoms with Crippen molar-refractivity contribution in [2.75, 3.05) is 6.54 Å². The van der Waals surface area contributed by atoms with Crippen LogP contribution in [0.15, 0.2) is 0 Å². The molecule has 2 unspecified atom stereocenters. The van der Waals surface area contributed by atoms with Crippen LogP contribution in [0.25, 0.3) is 0 Å². The van der Waals surface area contributed by atoms with Crippen molar-refractivity contribution in [1.82, 2.24) is 10.6 Å². The molecule has 5 nitrogen and oxygen atoms in total. The van der Waals surface area contributed by atoms with E-state index < -0.39 is 17.5 Å². The van der Waals surface area contributed by atoms with E-state index in [0.717, 1.165) is 6.42 Å². The predicted octanol–water partition coefficient (Wildman–Crippen LogP) is 1.98. The number of amides is 2. The first-order valence-corrected chi connectivity index (χ1v) is 6.15. The van der Waals surface area contributed by atoms with E-state index in [4.69, 9.17) is 5.11 Å². The third-order valence-corrected chi connectivity index (χ3v) is 2.92. The summed E-state index contributed by atoms with van der Waals surface area (Å²) in [6.07, 6.45) is 2.10.